The molecule has 0 aliphatic heterocycles. The first-order valence-corrected chi connectivity index (χ1v) is 7.55. The van der Waals surface area contributed by atoms with Gasteiger partial charge in [0, 0.05) is 18.4 Å². The predicted molar refractivity (Wildman–Crippen MR) is 66.5 cm³/mol. The summed E-state index contributed by atoms with van der Waals surface area (Å²) in [5.41, 5.74) is 0. The Morgan fingerprint density at radius 2 is 1.50 bits per heavy atom. The van der Waals surface area contributed by atoms with Crippen molar-refractivity contribution in [3.05, 3.63) is 30.3 Å². The molecule has 16 heavy (non-hydrogen) atoms. The van der Waals surface area contributed by atoms with Crippen molar-refractivity contribution in [3.8, 4) is 0 Å². The van der Waals surface area contributed by atoms with Gasteiger partial charge in [-0.2, -0.15) is 0 Å². The fourth-order valence-electron chi connectivity index (χ4n) is 1.34. The first-order valence-electron chi connectivity index (χ1n) is 5.78. The van der Waals surface area contributed by atoms with Crippen LogP contribution in [0.25, 0.3) is 0 Å². The number of rotatable bonds is 7. The van der Waals surface area contributed by atoms with Crippen molar-refractivity contribution in [2.24, 2.45) is 0 Å². The fraction of sp³-hybridized carbons (Fsp3) is 0.500. The molecule has 0 aromatic heterocycles. The molecule has 1 N–H and O–H groups in total. The molecule has 0 saturated carbocycles. The van der Waals surface area contributed by atoms with Gasteiger partial charge in [-0.05, 0) is 12.8 Å². The van der Waals surface area contributed by atoms with Gasteiger partial charge in [-0.15, -0.1) is 0 Å². The van der Waals surface area contributed by atoms with Gasteiger partial charge in [-0.25, -0.2) is 0 Å². The van der Waals surface area contributed by atoms with Gasteiger partial charge in [0.1, 0.15) is 0 Å². The molecule has 1 aromatic carbocycles. The first kappa shape index (κ1) is 13.4. The van der Waals surface area contributed by atoms with Crippen molar-refractivity contribution in [2.75, 3.05) is 13.2 Å². The van der Waals surface area contributed by atoms with E-state index in [0.29, 0.717) is 13.2 Å². The first-order chi connectivity index (χ1) is 7.73. The summed E-state index contributed by atoms with van der Waals surface area (Å²) in [7, 11) is -3.17. The third-order valence-corrected chi connectivity index (χ3v) is 4.40. The van der Waals surface area contributed by atoms with Crippen LogP contribution in [-0.2, 0) is 8.85 Å². The van der Waals surface area contributed by atoms with Gasteiger partial charge in [-0.1, -0.05) is 44.2 Å². The Bertz CT molecular complexity index is 282. The summed E-state index contributed by atoms with van der Waals surface area (Å²) >= 11 is 0. The average molecular weight is 240 g/mol. The normalized spacial score (nSPS) is 11.7. The number of benzene rings is 1. The predicted octanol–water partition coefficient (Wildman–Crippen LogP) is 1.68. The Balaban J connectivity index is 2.77. The van der Waals surface area contributed by atoms with E-state index in [0.717, 1.165) is 18.0 Å². The molecule has 0 spiro atoms. The minimum Gasteiger partial charge on any atom is -0.386 e. The topological polar surface area (TPSA) is 38.7 Å². The van der Waals surface area contributed by atoms with E-state index < -0.39 is 8.80 Å². The van der Waals surface area contributed by atoms with E-state index >= 15 is 0 Å². The van der Waals surface area contributed by atoms with E-state index in [1.807, 2.05) is 44.2 Å². The van der Waals surface area contributed by atoms with Crippen molar-refractivity contribution in [2.45, 2.75) is 26.7 Å². The Morgan fingerprint density at radius 3 is 1.94 bits per heavy atom. The molecule has 4 heteroatoms. The van der Waals surface area contributed by atoms with Crippen LogP contribution in [0.4, 0.5) is 0 Å². The van der Waals surface area contributed by atoms with E-state index in [4.69, 9.17) is 8.85 Å². The molecule has 0 aliphatic rings. The molecule has 0 saturated heterocycles. The largest absolute Gasteiger partial charge is 0.534 e. The standard InChI is InChI=1S/C12H20O3Si/c1-3-10-14-16(13,15-11-4-2)12-8-6-5-7-9-12/h5-9,13H,3-4,10-11H2,1-2H3. The maximum atomic E-state index is 10.4. The third kappa shape index (κ3) is 3.72. The number of hydrogen-bond acceptors (Lipinski definition) is 3. The average Bonchev–Trinajstić information content (AvgIpc) is 2.35. The van der Waals surface area contributed by atoms with Gasteiger partial charge in [0.2, 0.25) is 0 Å². The molecule has 90 valence electrons. The van der Waals surface area contributed by atoms with E-state index in [1.54, 1.807) is 0 Å². The molecule has 1 aromatic rings. The number of hydrogen-bond donors (Lipinski definition) is 1. The van der Waals surface area contributed by atoms with E-state index in [9.17, 15) is 4.80 Å². The highest BCUT2D eigenvalue weighted by Gasteiger charge is 2.39. The Hall–Kier alpha value is -0.683. The minimum absolute atomic E-state index is 0.529. The maximum absolute atomic E-state index is 10.4. The van der Waals surface area contributed by atoms with Gasteiger partial charge in [0.05, 0.1) is 0 Å². The van der Waals surface area contributed by atoms with Crippen molar-refractivity contribution in [1.82, 2.24) is 0 Å². The maximum Gasteiger partial charge on any atom is 0.534 e. The van der Waals surface area contributed by atoms with Gasteiger partial charge in [-0.3, -0.25) is 0 Å². The van der Waals surface area contributed by atoms with Crippen LogP contribution in [0, 0.1) is 0 Å². The molecule has 0 atom stereocenters. The van der Waals surface area contributed by atoms with Gasteiger partial charge in [0.25, 0.3) is 0 Å². The van der Waals surface area contributed by atoms with E-state index in [1.165, 1.54) is 0 Å². The lowest BCUT2D eigenvalue weighted by Gasteiger charge is -2.24. The molecule has 0 amide bonds. The summed E-state index contributed by atoms with van der Waals surface area (Å²) < 4.78 is 11.1. The summed E-state index contributed by atoms with van der Waals surface area (Å²) in [6.07, 6.45) is 1.75. The summed E-state index contributed by atoms with van der Waals surface area (Å²) in [6.45, 7) is 5.09. The highest BCUT2D eigenvalue weighted by atomic mass is 28.4. The molecule has 1 rings (SSSR count). The summed E-state index contributed by atoms with van der Waals surface area (Å²) in [5.74, 6) is 0. The summed E-state index contributed by atoms with van der Waals surface area (Å²) in [4.78, 5) is 10.4. The monoisotopic (exact) mass is 240 g/mol. The molecule has 0 fully saturated rings. The molecule has 0 aliphatic carbocycles. The second-order valence-corrected chi connectivity index (χ2v) is 5.96. The van der Waals surface area contributed by atoms with E-state index in [2.05, 4.69) is 0 Å². The lowest BCUT2D eigenvalue weighted by Crippen LogP contribution is -2.54. The summed E-state index contributed by atoms with van der Waals surface area (Å²) in [5, 5.41) is 0.775. The van der Waals surface area contributed by atoms with Gasteiger partial charge >= 0.3 is 8.80 Å². The Kier molecular flexibility index (Phi) is 5.69. The third-order valence-electron chi connectivity index (χ3n) is 2.14. The molecule has 3 nitrogen and oxygen atoms in total. The van der Waals surface area contributed by atoms with Gasteiger partial charge in [0.15, 0.2) is 0 Å². The highest BCUT2D eigenvalue weighted by Crippen LogP contribution is 2.06. The van der Waals surface area contributed by atoms with Crippen molar-refractivity contribution in [3.63, 3.8) is 0 Å². The van der Waals surface area contributed by atoms with Crippen molar-refractivity contribution < 1.29 is 13.6 Å². The van der Waals surface area contributed by atoms with Crippen LogP contribution in [0.1, 0.15) is 26.7 Å². The van der Waals surface area contributed by atoms with Gasteiger partial charge < -0.3 is 13.6 Å². The zero-order valence-electron chi connectivity index (χ0n) is 9.98. The fourth-order valence-corrected chi connectivity index (χ4v) is 3.33. The second-order valence-electron chi connectivity index (χ2n) is 3.64. The van der Waals surface area contributed by atoms with Crippen LogP contribution in [0.5, 0.6) is 0 Å². The van der Waals surface area contributed by atoms with Crippen LogP contribution in [0.15, 0.2) is 30.3 Å². The summed E-state index contributed by atoms with van der Waals surface area (Å²) in [6, 6.07) is 9.41. The lowest BCUT2D eigenvalue weighted by molar-refractivity contribution is 0.112. The zero-order valence-corrected chi connectivity index (χ0v) is 11.0. The second kappa shape index (κ2) is 6.80. The molecule has 0 heterocycles. The molecule has 0 bridgehead atoms. The van der Waals surface area contributed by atoms with Crippen molar-refractivity contribution >= 4 is 14.0 Å². The van der Waals surface area contributed by atoms with Crippen LogP contribution < -0.4 is 5.19 Å². The smallest absolute Gasteiger partial charge is 0.386 e. The minimum atomic E-state index is -3.17. The highest BCUT2D eigenvalue weighted by molar-refractivity contribution is 6.74. The Morgan fingerprint density at radius 1 is 1.00 bits per heavy atom. The van der Waals surface area contributed by atoms with E-state index in [-0.39, 0.29) is 0 Å². The Labute approximate surface area is 98.4 Å². The van der Waals surface area contributed by atoms with Crippen LogP contribution in [0.2, 0.25) is 0 Å². The van der Waals surface area contributed by atoms with Crippen molar-refractivity contribution in [1.29, 1.82) is 0 Å². The molecule has 0 unspecified atom stereocenters. The van der Waals surface area contributed by atoms with Crippen LogP contribution in [0.3, 0.4) is 0 Å². The molecular weight excluding hydrogens is 220 g/mol. The lowest BCUT2D eigenvalue weighted by atomic mass is 10.4. The zero-order chi connectivity index (χ0) is 11.9. The van der Waals surface area contributed by atoms with Crippen LogP contribution in [-0.4, -0.2) is 26.8 Å². The molecule has 0 radical (unpaired) electrons. The van der Waals surface area contributed by atoms with Crippen LogP contribution >= 0.6 is 0 Å². The quantitative estimate of drug-likeness (QED) is 0.737. The SMILES string of the molecule is CCCO[Si](O)(OCCC)c1ccccc1. The molecular formula is C12H20O3Si.